The highest BCUT2D eigenvalue weighted by molar-refractivity contribution is 5.93. The summed E-state index contributed by atoms with van der Waals surface area (Å²) in [5.41, 5.74) is 4.07. The number of benzene rings is 1. The van der Waals surface area contributed by atoms with Crippen molar-refractivity contribution in [2.24, 2.45) is 0 Å². The van der Waals surface area contributed by atoms with Gasteiger partial charge in [-0.1, -0.05) is 17.7 Å². The number of hydroxylamine groups is 1. The number of aryl methyl sites for hydroxylation is 1. The van der Waals surface area contributed by atoms with Crippen molar-refractivity contribution >= 4 is 5.91 Å². The highest BCUT2D eigenvalue weighted by atomic mass is 16.6. The highest BCUT2D eigenvalue weighted by Gasteiger charge is 2.02. The number of amides is 1. The number of rotatable bonds is 3. The van der Waals surface area contributed by atoms with Crippen LogP contribution in [-0.4, -0.2) is 12.5 Å². The molecule has 0 heterocycles. The Bertz CT molecular complexity index is 279. The van der Waals surface area contributed by atoms with Gasteiger partial charge in [-0.15, -0.1) is 0 Å². The van der Waals surface area contributed by atoms with E-state index in [9.17, 15) is 4.79 Å². The van der Waals surface area contributed by atoms with Crippen LogP contribution in [0.25, 0.3) is 0 Å². The molecule has 0 saturated carbocycles. The summed E-state index contributed by atoms with van der Waals surface area (Å²) in [5, 5.41) is 0. The molecule has 1 N–H and O–H groups in total. The fourth-order valence-electron chi connectivity index (χ4n) is 0.902. The molecule has 0 radical (unpaired) electrons. The van der Waals surface area contributed by atoms with E-state index < -0.39 is 0 Å². The maximum atomic E-state index is 11.3. The molecule has 0 unspecified atom stereocenters. The molecule has 3 nitrogen and oxygen atoms in total. The molecule has 0 aliphatic heterocycles. The van der Waals surface area contributed by atoms with Gasteiger partial charge in [-0.25, -0.2) is 5.48 Å². The Balaban J connectivity index is 2.61. The van der Waals surface area contributed by atoms with Crippen molar-refractivity contribution in [1.29, 1.82) is 0 Å². The molecule has 0 saturated heterocycles. The van der Waals surface area contributed by atoms with Crippen molar-refractivity contribution < 1.29 is 9.63 Å². The minimum absolute atomic E-state index is 0.207. The predicted octanol–water partition coefficient (Wildman–Crippen LogP) is 1.68. The van der Waals surface area contributed by atoms with Crippen LogP contribution in [0.2, 0.25) is 0 Å². The van der Waals surface area contributed by atoms with Crippen LogP contribution in [0, 0.1) is 6.92 Å². The number of hydrogen-bond donors (Lipinski definition) is 1. The zero-order valence-electron chi connectivity index (χ0n) is 7.83. The van der Waals surface area contributed by atoms with Crippen molar-refractivity contribution in [3.05, 3.63) is 35.4 Å². The summed E-state index contributed by atoms with van der Waals surface area (Å²) in [6, 6.07) is 7.31. The second kappa shape index (κ2) is 4.62. The van der Waals surface area contributed by atoms with Crippen LogP contribution < -0.4 is 5.48 Å². The van der Waals surface area contributed by atoms with Gasteiger partial charge in [-0.05, 0) is 26.0 Å². The lowest BCUT2D eigenvalue weighted by molar-refractivity contribution is 0.0364. The summed E-state index contributed by atoms with van der Waals surface area (Å²) in [5.74, 6) is -0.207. The zero-order valence-corrected chi connectivity index (χ0v) is 7.83. The summed E-state index contributed by atoms with van der Waals surface area (Å²) in [6.45, 7) is 4.26. The minimum Gasteiger partial charge on any atom is -0.274 e. The molecule has 0 fully saturated rings. The van der Waals surface area contributed by atoms with E-state index in [1.54, 1.807) is 12.1 Å². The Labute approximate surface area is 77.7 Å². The van der Waals surface area contributed by atoms with E-state index in [-0.39, 0.29) is 5.91 Å². The van der Waals surface area contributed by atoms with Gasteiger partial charge in [0.2, 0.25) is 0 Å². The van der Waals surface area contributed by atoms with E-state index in [2.05, 4.69) is 5.48 Å². The maximum absolute atomic E-state index is 11.3. The standard InChI is InChI=1S/C10H13NO2/c1-3-13-11-10(12)9-6-4-8(2)5-7-9/h4-7H,3H2,1-2H3,(H,11,12). The van der Waals surface area contributed by atoms with E-state index in [0.717, 1.165) is 5.56 Å². The number of carbonyl (C=O) groups excluding carboxylic acids is 1. The molecule has 0 aliphatic carbocycles. The van der Waals surface area contributed by atoms with Crippen LogP contribution in [0.4, 0.5) is 0 Å². The summed E-state index contributed by atoms with van der Waals surface area (Å²) in [7, 11) is 0. The molecular weight excluding hydrogens is 166 g/mol. The van der Waals surface area contributed by atoms with Gasteiger partial charge in [0.25, 0.3) is 5.91 Å². The third-order valence-electron chi connectivity index (χ3n) is 1.62. The van der Waals surface area contributed by atoms with Crippen LogP contribution >= 0.6 is 0 Å². The molecule has 0 atom stereocenters. The molecule has 0 aliphatic rings. The molecule has 70 valence electrons. The quantitative estimate of drug-likeness (QED) is 0.717. The van der Waals surface area contributed by atoms with Crippen LogP contribution in [-0.2, 0) is 4.84 Å². The Morgan fingerprint density at radius 3 is 2.54 bits per heavy atom. The highest BCUT2D eigenvalue weighted by Crippen LogP contribution is 2.02. The molecule has 1 aromatic rings. The summed E-state index contributed by atoms with van der Waals surface area (Å²) >= 11 is 0. The molecule has 1 rings (SSSR count). The lowest BCUT2D eigenvalue weighted by atomic mass is 10.1. The van der Waals surface area contributed by atoms with Gasteiger partial charge in [0, 0.05) is 5.56 Å². The average molecular weight is 179 g/mol. The Morgan fingerprint density at radius 2 is 2.00 bits per heavy atom. The molecule has 0 spiro atoms. The second-order valence-corrected chi connectivity index (χ2v) is 2.73. The summed E-state index contributed by atoms with van der Waals surface area (Å²) < 4.78 is 0. The first-order valence-corrected chi connectivity index (χ1v) is 4.23. The van der Waals surface area contributed by atoms with Gasteiger partial charge in [0.05, 0.1) is 6.61 Å². The molecule has 1 aromatic carbocycles. The largest absolute Gasteiger partial charge is 0.274 e. The zero-order chi connectivity index (χ0) is 9.68. The first kappa shape index (κ1) is 9.74. The molecule has 13 heavy (non-hydrogen) atoms. The van der Waals surface area contributed by atoms with E-state index >= 15 is 0 Å². The predicted molar refractivity (Wildman–Crippen MR) is 50.3 cm³/mol. The monoisotopic (exact) mass is 179 g/mol. The average Bonchev–Trinajstić information content (AvgIpc) is 2.15. The maximum Gasteiger partial charge on any atom is 0.274 e. The van der Waals surface area contributed by atoms with Gasteiger partial charge in [-0.3, -0.25) is 9.63 Å². The van der Waals surface area contributed by atoms with Crippen LogP contribution in [0.15, 0.2) is 24.3 Å². The second-order valence-electron chi connectivity index (χ2n) is 2.73. The topological polar surface area (TPSA) is 38.3 Å². The van der Waals surface area contributed by atoms with E-state index in [1.165, 1.54) is 0 Å². The lowest BCUT2D eigenvalue weighted by Crippen LogP contribution is -2.23. The Kier molecular flexibility index (Phi) is 3.46. The normalized spacial score (nSPS) is 9.69. The fourth-order valence-corrected chi connectivity index (χ4v) is 0.902. The van der Waals surface area contributed by atoms with Crippen molar-refractivity contribution in [3.63, 3.8) is 0 Å². The van der Waals surface area contributed by atoms with Gasteiger partial charge >= 0.3 is 0 Å². The van der Waals surface area contributed by atoms with Gasteiger partial charge < -0.3 is 0 Å². The minimum atomic E-state index is -0.207. The fraction of sp³-hybridized carbons (Fsp3) is 0.300. The van der Waals surface area contributed by atoms with E-state index in [1.807, 2.05) is 26.0 Å². The van der Waals surface area contributed by atoms with Crippen LogP contribution in [0.1, 0.15) is 22.8 Å². The summed E-state index contributed by atoms with van der Waals surface area (Å²) in [4.78, 5) is 16.1. The molecule has 1 amide bonds. The first-order valence-electron chi connectivity index (χ1n) is 4.23. The van der Waals surface area contributed by atoms with Crippen molar-refractivity contribution in [3.8, 4) is 0 Å². The molecule has 0 aromatic heterocycles. The lowest BCUT2D eigenvalue weighted by Gasteiger charge is -2.03. The van der Waals surface area contributed by atoms with Crippen molar-refractivity contribution in [2.75, 3.05) is 6.61 Å². The van der Waals surface area contributed by atoms with Crippen LogP contribution in [0.5, 0.6) is 0 Å². The third kappa shape index (κ3) is 2.87. The van der Waals surface area contributed by atoms with Gasteiger partial charge in [0.15, 0.2) is 0 Å². The molecule has 3 heteroatoms. The van der Waals surface area contributed by atoms with Crippen LogP contribution in [0.3, 0.4) is 0 Å². The smallest absolute Gasteiger partial charge is 0.274 e. The van der Waals surface area contributed by atoms with Gasteiger partial charge in [-0.2, -0.15) is 0 Å². The SMILES string of the molecule is CCONC(=O)c1ccc(C)cc1. The first-order chi connectivity index (χ1) is 6.24. The molecule has 0 bridgehead atoms. The van der Waals surface area contributed by atoms with Crippen molar-refractivity contribution in [1.82, 2.24) is 5.48 Å². The van der Waals surface area contributed by atoms with Crippen molar-refractivity contribution in [2.45, 2.75) is 13.8 Å². The Hall–Kier alpha value is -1.35. The number of hydrogen-bond acceptors (Lipinski definition) is 2. The van der Waals surface area contributed by atoms with Gasteiger partial charge in [0.1, 0.15) is 0 Å². The number of nitrogens with one attached hydrogen (secondary N) is 1. The number of carbonyl (C=O) groups is 1. The Morgan fingerprint density at radius 1 is 1.38 bits per heavy atom. The summed E-state index contributed by atoms with van der Waals surface area (Å²) in [6.07, 6.45) is 0. The third-order valence-corrected chi connectivity index (χ3v) is 1.62. The molecular formula is C10H13NO2. The van der Waals surface area contributed by atoms with E-state index in [4.69, 9.17) is 4.84 Å². The van der Waals surface area contributed by atoms with E-state index in [0.29, 0.717) is 12.2 Å².